The molecule has 0 N–H and O–H groups in total. The van der Waals surface area contributed by atoms with Gasteiger partial charge in [-0.15, -0.1) is 0 Å². The molecule has 3 heteroatoms. The van der Waals surface area contributed by atoms with Crippen molar-refractivity contribution in [2.45, 2.75) is 44.7 Å². The van der Waals surface area contributed by atoms with E-state index in [9.17, 15) is 0 Å². The zero-order valence-corrected chi connectivity index (χ0v) is 13.8. The smallest absolute Gasteiger partial charge is 0.108 e. The van der Waals surface area contributed by atoms with E-state index in [0.29, 0.717) is 0 Å². The van der Waals surface area contributed by atoms with Crippen molar-refractivity contribution in [1.29, 1.82) is 0 Å². The topological polar surface area (TPSA) is 12.4 Å². The lowest BCUT2D eigenvalue weighted by molar-refractivity contribution is 0.743. The highest BCUT2D eigenvalue weighted by atomic mass is 32.4. The van der Waals surface area contributed by atoms with Gasteiger partial charge in [0.25, 0.3) is 0 Å². The normalized spacial score (nSPS) is 14.0. The maximum atomic E-state index is 4.49. The molecular formula is C15H25NSSi. The number of hydrogen-bond donors (Lipinski definition) is 0. The molecule has 100 valence electrons. The first-order valence-corrected chi connectivity index (χ1v) is 11.8. The minimum atomic E-state index is -0.963. The summed E-state index contributed by atoms with van der Waals surface area (Å²) in [7, 11) is -0.963. The van der Waals surface area contributed by atoms with E-state index in [1.54, 1.807) is 0 Å². The van der Waals surface area contributed by atoms with Crippen LogP contribution in [0.25, 0.3) is 0 Å². The van der Waals surface area contributed by atoms with E-state index in [2.05, 4.69) is 54.9 Å². The van der Waals surface area contributed by atoms with Gasteiger partial charge in [-0.25, -0.2) is 0 Å². The molecule has 1 aromatic rings. The Labute approximate surface area is 117 Å². The van der Waals surface area contributed by atoms with Crippen LogP contribution in [0.1, 0.15) is 25.3 Å². The summed E-state index contributed by atoms with van der Waals surface area (Å²) in [6.45, 7) is 10.6. The third-order valence-corrected chi connectivity index (χ3v) is 7.17. The van der Waals surface area contributed by atoms with Crippen LogP contribution in [0.3, 0.4) is 0 Å². The summed E-state index contributed by atoms with van der Waals surface area (Å²) < 4.78 is 0. The van der Waals surface area contributed by atoms with Crippen molar-refractivity contribution >= 4 is 24.6 Å². The molecule has 0 aliphatic heterocycles. The molecular weight excluding hydrogens is 254 g/mol. The number of rotatable bonds is 7. The molecule has 0 heterocycles. The van der Waals surface area contributed by atoms with Crippen molar-refractivity contribution < 1.29 is 0 Å². The lowest BCUT2D eigenvalue weighted by Gasteiger charge is -2.20. The van der Waals surface area contributed by atoms with E-state index in [0.717, 1.165) is 11.8 Å². The number of benzene rings is 1. The summed E-state index contributed by atoms with van der Waals surface area (Å²) in [5, 5.41) is 0.781. The Morgan fingerprint density at radius 2 is 1.89 bits per heavy atom. The molecule has 18 heavy (non-hydrogen) atoms. The highest BCUT2D eigenvalue weighted by Crippen LogP contribution is 2.27. The lowest BCUT2D eigenvalue weighted by atomic mass is 10.2. The quantitative estimate of drug-likeness (QED) is 0.395. The molecule has 0 amide bonds. The van der Waals surface area contributed by atoms with E-state index >= 15 is 0 Å². The second-order valence-electron chi connectivity index (χ2n) is 5.63. The molecule has 0 aromatic heterocycles. The Balaban J connectivity index is 2.17. The third kappa shape index (κ3) is 7.72. The maximum absolute atomic E-state index is 4.49. The van der Waals surface area contributed by atoms with Crippen molar-refractivity contribution in [1.82, 2.24) is 0 Å². The van der Waals surface area contributed by atoms with Gasteiger partial charge in [-0.05, 0) is 23.7 Å². The van der Waals surface area contributed by atoms with Crippen LogP contribution in [-0.2, 0) is 0 Å². The fourth-order valence-corrected chi connectivity index (χ4v) is 7.31. The number of hydrogen-bond acceptors (Lipinski definition) is 2. The molecule has 0 spiro atoms. The second kappa shape index (κ2) is 7.80. The first-order chi connectivity index (χ1) is 8.47. The van der Waals surface area contributed by atoms with Crippen molar-refractivity contribution in [3.05, 3.63) is 35.9 Å². The van der Waals surface area contributed by atoms with Gasteiger partial charge in [0.15, 0.2) is 0 Å². The molecule has 1 atom stereocenters. The predicted molar refractivity (Wildman–Crippen MR) is 88.5 cm³/mol. The zero-order valence-electron chi connectivity index (χ0n) is 12.0. The number of aliphatic imine (C=N–C) groups is 1. The van der Waals surface area contributed by atoms with Crippen LogP contribution < -0.4 is 0 Å². The Hall–Kier alpha value is -0.543. The summed E-state index contributed by atoms with van der Waals surface area (Å²) in [5.41, 5.74) is 1.20. The van der Waals surface area contributed by atoms with Crippen LogP contribution in [0.2, 0.25) is 19.6 Å². The Kier molecular flexibility index (Phi) is 6.72. The fraction of sp³-hybridized carbons (Fsp3) is 0.533. The van der Waals surface area contributed by atoms with Gasteiger partial charge >= 0.3 is 0 Å². The summed E-state index contributed by atoms with van der Waals surface area (Å²) in [6.07, 6.45) is 4.46. The average molecular weight is 280 g/mol. The van der Waals surface area contributed by atoms with E-state index < -0.39 is 7.22 Å². The van der Waals surface area contributed by atoms with Crippen LogP contribution in [-0.4, -0.2) is 25.2 Å². The summed E-state index contributed by atoms with van der Waals surface area (Å²) in [5.74, 6) is 0. The van der Waals surface area contributed by atoms with Crippen molar-refractivity contribution in [2.24, 2.45) is 4.99 Å². The van der Waals surface area contributed by atoms with Crippen LogP contribution in [0, 0.1) is 0 Å². The molecule has 0 radical (unpaired) electrons. The van der Waals surface area contributed by atoms with Gasteiger partial charge < -0.3 is 0 Å². The van der Waals surface area contributed by atoms with E-state index in [-0.39, 0.29) is 0 Å². The van der Waals surface area contributed by atoms with Gasteiger partial charge in [-0.3, -0.25) is 4.99 Å². The highest BCUT2D eigenvalue weighted by molar-refractivity contribution is 8.29. The Morgan fingerprint density at radius 3 is 2.50 bits per heavy atom. The van der Waals surface area contributed by atoms with Gasteiger partial charge in [0, 0.05) is 12.8 Å². The molecule has 0 aliphatic carbocycles. The molecule has 1 nitrogen and oxygen atoms in total. The summed E-state index contributed by atoms with van der Waals surface area (Å²) >= 11 is 2.20. The fourth-order valence-electron chi connectivity index (χ4n) is 1.84. The lowest BCUT2D eigenvalue weighted by Crippen LogP contribution is -2.18. The summed E-state index contributed by atoms with van der Waals surface area (Å²) in [6, 6.07) is 10.3. The minimum Gasteiger partial charge on any atom is -0.293 e. The van der Waals surface area contributed by atoms with Crippen LogP contribution >= 0.6 is 11.2 Å². The van der Waals surface area contributed by atoms with E-state index in [1.807, 2.05) is 24.4 Å². The van der Waals surface area contributed by atoms with Crippen molar-refractivity contribution in [3.63, 3.8) is 0 Å². The average Bonchev–Trinajstić information content (AvgIpc) is 2.27. The van der Waals surface area contributed by atoms with Gasteiger partial charge in [0.05, 0.1) is 0 Å². The first-order valence-electron chi connectivity index (χ1n) is 6.70. The molecule has 1 unspecified atom stereocenters. The van der Waals surface area contributed by atoms with Crippen LogP contribution in [0.15, 0.2) is 35.3 Å². The van der Waals surface area contributed by atoms with E-state index in [4.69, 9.17) is 0 Å². The largest absolute Gasteiger partial charge is 0.293 e. The molecule has 0 bridgehead atoms. The third-order valence-electron chi connectivity index (χ3n) is 2.49. The van der Waals surface area contributed by atoms with E-state index in [1.165, 1.54) is 18.4 Å². The van der Waals surface area contributed by atoms with Crippen molar-refractivity contribution in [3.8, 4) is 0 Å². The van der Waals surface area contributed by atoms with Gasteiger partial charge in [0.1, 0.15) is 7.22 Å². The molecule has 0 saturated carbocycles. The first kappa shape index (κ1) is 15.5. The van der Waals surface area contributed by atoms with Crippen molar-refractivity contribution in [2.75, 3.05) is 6.54 Å². The number of nitrogens with zero attached hydrogens (tertiary/aromatic N) is 1. The van der Waals surface area contributed by atoms with Gasteiger partial charge in [-0.1, -0.05) is 56.9 Å². The zero-order chi connectivity index (χ0) is 13.4. The summed E-state index contributed by atoms with van der Waals surface area (Å²) in [4.78, 5) is 4.49. The minimum absolute atomic E-state index is 0.781. The second-order valence-corrected chi connectivity index (χ2v) is 15.3. The Morgan fingerprint density at radius 1 is 1.22 bits per heavy atom. The SMILES string of the molecule is CC(CCCN=Cc1ccccc1)S[Si](C)(C)C. The molecule has 1 aromatic carbocycles. The maximum Gasteiger partial charge on any atom is 0.108 e. The molecule has 1 rings (SSSR count). The molecule has 0 saturated heterocycles. The van der Waals surface area contributed by atoms with Crippen LogP contribution in [0.5, 0.6) is 0 Å². The van der Waals surface area contributed by atoms with Gasteiger partial charge in [0.2, 0.25) is 0 Å². The monoisotopic (exact) mass is 279 g/mol. The molecule has 0 fully saturated rings. The Bertz CT molecular complexity index is 357. The van der Waals surface area contributed by atoms with Crippen LogP contribution in [0.4, 0.5) is 0 Å². The molecule has 0 aliphatic rings. The standard InChI is InChI=1S/C15H25NSSi/c1-14(17-18(2,3)4)9-8-12-16-13-15-10-6-5-7-11-15/h5-7,10-11,13-14H,8-9,12H2,1-4H3. The van der Waals surface area contributed by atoms with Gasteiger partial charge in [-0.2, -0.15) is 11.2 Å². The highest BCUT2D eigenvalue weighted by Gasteiger charge is 2.17. The predicted octanol–water partition coefficient (Wildman–Crippen LogP) is 4.84.